The van der Waals surface area contributed by atoms with Crippen LogP contribution in [-0.2, 0) is 4.79 Å². The van der Waals surface area contributed by atoms with Gasteiger partial charge in [0.2, 0.25) is 0 Å². The Balaban J connectivity index is 1.81. The number of hydrogen-bond donors (Lipinski definition) is 3. The third-order valence-corrected chi connectivity index (χ3v) is 3.94. The van der Waals surface area contributed by atoms with Gasteiger partial charge >= 0.3 is 6.03 Å². The van der Waals surface area contributed by atoms with Crippen molar-refractivity contribution in [3.05, 3.63) is 63.2 Å². The Bertz CT molecular complexity index is 948. The van der Waals surface area contributed by atoms with Crippen LogP contribution in [0.5, 0.6) is 0 Å². The Hall–Kier alpha value is -3.66. The number of carbonyl (C=O) groups is 2. The molecule has 10 nitrogen and oxygen atoms in total. The molecule has 3 N–H and O–H groups in total. The van der Waals surface area contributed by atoms with E-state index in [0.717, 1.165) is 5.69 Å². The number of halogens is 1. The van der Waals surface area contributed by atoms with Gasteiger partial charge in [-0.1, -0.05) is 17.7 Å². The van der Waals surface area contributed by atoms with Crippen molar-refractivity contribution < 1.29 is 14.5 Å². The van der Waals surface area contributed by atoms with Gasteiger partial charge in [-0.2, -0.15) is 5.10 Å². The van der Waals surface area contributed by atoms with E-state index in [9.17, 15) is 19.7 Å². The molecule has 0 radical (unpaired) electrons. The van der Waals surface area contributed by atoms with E-state index in [1.165, 1.54) is 30.5 Å². The molecule has 0 saturated heterocycles. The maximum absolute atomic E-state index is 11.8. The number of anilines is 2. The number of non-ortho nitro benzene ring substituents is 1. The molecule has 2 aromatic carbocycles. The largest absolute Gasteiger partial charge is 0.378 e. The first-order chi connectivity index (χ1) is 13.8. The summed E-state index contributed by atoms with van der Waals surface area (Å²) in [5.74, 6) is -0.559. The molecule has 0 aliphatic carbocycles. The molecule has 29 heavy (non-hydrogen) atoms. The minimum atomic E-state index is -0.688. The van der Waals surface area contributed by atoms with Crippen LogP contribution in [0.15, 0.2) is 47.6 Å². The molecule has 0 heterocycles. The molecule has 0 bridgehead atoms. The summed E-state index contributed by atoms with van der Waals surface area (Å²) in [4.78, 5) is 35.6. The summed E-state index contributed by atoms with van der Waals surface area (Å²) in [7, 11) is 3.78. The van der Waals surface area contributed by atoms with Gasteiger partial charge < -0.3 is 15.5 Å². The minimum Gasteiger partial charge on any atom is -0.378 e. The van der Waals surface area contributed by atoms with Gasteiger partial charge in [-0.15, -0.1) is 0 Å². The Labute approximate surface area is 171 Å². The SMILES string of the molecule is CN(C)c1ccc(/C=N/NC(=O)CNC(=O)Nc2cccc([N+](=O)[O-])c2)c(Cl)c1. The van der Waals surface area contributed by atoms with Gasteiger partial charge in [-0.25, -0.2) is 10.2 Å². The monoisotopic (exact) mass is 418 g/mol. The molecule has 2 aromatic rings. The summed E-state index contributed by atoms with van der Waals surface area (Å²) in [6.45, 7) is -0.342. The summed E-state index contributed by atoms with van der Waals surface area (Å²) in [5, 5.41) is 19.7. The number of nitrogens with zero attached hydrogens (tertiary/aromatic N) is 3. The highest BCUT2D eigenvalue weighted by Gasteiger charge is 2.09. The van der Waals surface area contributed by atoms with Crippen LogP contribution in [0.1, 0.15) is 5.56 Å². The zero-order valence-electron chi connectivity index (χ0n) is 15.7. The third-order valence-electron chi connectivity index (χ3n) is 3.62. The van der Waals surface area contributed by atoms with Crippen LogP contribution < -0.4 is 21.0 Å². The van der Waals surface area contributed by atoms with Gasteiger partial charge in [0.15, 0.2) is 0 Å². The molecule has 0 fully saturated rings. The van der Waals surface area contributed by atoms with Crippen LogP contribution in [0.3, 0.4) is 0 Å². The predicted octanol–water partition coefficient (Wildman–Crippen LogP) is 2.59. The van der Waals surface area contributed by atoms with Gasteiger partial charge in [0.25, 0.3) is 11.6 Å². The summed E-state index contributed by atoms with van der Waals surface area (Å²) in [6, 6.07) is 10.1. The molecular formula is C18H19ClN6O4. The second-order valence-corrected chi connectivity index (χ2v) is 6.42. The average Bonchev–Trinajstić information content (AvgIpc) is 2.67. The van der Waals surface area contributed by atoms with Crippen LogP contribution in [0, 0.1) is 10.1 Å². The van der Waals surface area contributed by atoms with E-state index in [1.807, 2.05) is 25.1 Å². The number of nitro benzene ring substituents is 1. The zero-order chi connectivity index (χ0) is 21.4. The van der Waals surface area contributed by atoms with Crippen molar-refractivity contribution in [3.8, 4) is 0 Å². The van der Waals surface area contributed by atoms with Crippen LogP contribution in [-0.4, -0.2) is 43.7 Å². The fraction of sp³-hybridized carbons (Fsp3) is 0.167. The molecule has 2 rings (SSSR count). The molecule has 0 aliphatic heterocycles. The maximum atomic E-state index is 11.8. The van der Waals surface area contributed by atoms with Gasteiger partial charge in [0.05, 0.1) is 16.2 Å². The van der Waals surface area contributed by atoms with Gasteiger partial charge in [-0.05, 0) is 24.3 Å². The molecule has 0 spiro atoms. The molecule has 3 amide bonds. The highest BCUT2D eigenvalue weighted by molar-refractivity contribution is 6.33. The smallest absolute Gasteiger partial charge is 0.319 e. The summed E-state index contributed by atoms with van der Waals surface area (Å²) >= 11 is 6.16. The normalized spacial score (nSPS) is 10.4. The molecule has 0 unspecified atom stereocenters. The Morgan fingerprint density at radius 2 is 2.00 bits per heavy atom. The number of nitro groups is 1. The number of amides is 3. The van der Waals surface area contributed by atoms with E-state index in [0.29, 0.717) is 10.6 Å². The number of nitrogens with one attached hydrogen (secondary N) is 3. The first-order valence-corrected chi connectivity index (χ1v) is 8.72. The fourth-order valence-corrected chi connectivity index (χ4v) is 2.37. The van der Waals surface area contributed by atoms with Gasteiger partial charge in [0, 0.05) is 43.2 Å². The number of urea groups is 1. The molecule has 0 aliphatic rings. The lowest BCUT2D eigenvalue weighted by molar-refractivity contribution is -0.384. The Morgan fingerprint density at radius 1 is 1.24 bits per heavy atom. The maximum Gasteiger partial charge on any atom is 0.319 e. The molecule has 152 valence electrons. The number of hydrazone groups is 1. The molecular weight excluding hydrogens is 400 g/mol. The Kier molecular flexibility index (Phi) is 7.49. The van der Waals surface area contributed by atoms with E-state index >= 15 is 0 Å². The van der Waals surface area contributed by atoms with E-state index in [4.69, 9.17) is 11.6 Å². The van der Waals surface area contributed by atoms with Crippen molar-refractivity contribution >= 4 is 46.8 Å². The predicted molar refractivity (Wildman–Crippen MR) is 112 cm³/mol. The first kappa shape index (κ1) is 21.6. The lowest BCUT2D eigenvalue weighted by Gasteiger charge is -2.13. The van der Waals surface area contributed by atoms with Crippen molar-refractivity contribution in [3.63, 3.8) is 0 Å². The standard InChI is InChI=1S/C18H19ClN6O4/c1-24(2)14-7-6-12(16(19)9-14)10-21-23-17(26)11-20-18(27)22-13-4-3-5-15(8-13)25(28)29/h3-10H,11H2,1-2H3,(H,23,26)(H2,20,22,27)/b21-10+. The van der Waals surface area contributed by atoms with Crippen LogP contribution in [0.4, 0.5) is 21.9 Å². The van der Waals surface area contributed by atoms with Crippen LogP contribution in [0.2, 0.25) is 5.02 Å². The number of carbonyl (C=O) groups excluding carboxylic acids is 2. The molecule has 0 atom stereocenters. The quantitative estimate of drug-likeness (QED) is 0.361. The van der Waals surface area contributed by atoms with E-state index in [1.54, 1.807) is 12.1 Å². The lowest BCUT2D eigenvalue weighted by atomic mass is 10.2. The van der Waals surface area contributed by atoms with Gasteiger partial charge in [0.1, 0.15) is 6.54 Å². The fourth-order valence-electron chi connectivity index (χ4n) is 2.15. The van der Waals surface area contributed by atoms with Crippen LogP contribution in [0.25, 0.3) is 0 Å². The Morgan fingerprint density at radius 3 is 2.66 bits per heavy atom. The summed E-state index contributed by atoms with van der Waals surface area (Å²) in [5.41, 5.74) is 3.88. The zero-order valence-corrected chi connectivity index (χ0v) is 16.4. The second kappa shape index (κ2) is 10.0. The highest BCUT2D eigenvalue weighted by atomic mass is 35.5. The molecule has 11 heteroatoms. The van der Waals surface area contributed by atoms with Gasteiger partial charge in [-0.3, -0.25) is 14.9 Å². The highest BCUT2D eigenvalue weighted by Crippen LogP contribution is 2.21. The van der Waals surface area contributed by atoms with Crippen molar-refractivity contribution in [2.75, 3.05) is 30.9 Å². The summed E-state index contributed by atoms with van der Waals surface area (Å²) < 4.78 is 0. The summed E-state index contributed by atoms with van der Waals surface area (Å²) in [6.07, 6.45) is 1.39. The van der Waals surface area contributed by atoms with Crippen molar-refractivity contribution in [1.82, 2.24) is 10.7 Å². The van der Waals surface area contributed by atoms with Crippen molar-refractivity contribution in [2.45, 2.75) is 0 Å². The minimum absolute atomic E-state index is 0.160. The van der Waals surface area contributed by atoms with E-state index in [-0.39, 0.29) is 17.9 Å². The first-order valence-electron chi connectivity index (χ1n) is 8.34. The molecule has 0 saturated carbocycles. The van der Waals surface area contributed by atoms with E-state index < -0.39 is 16.9 Å². The number of hydrogen-bond acceptors (Lipinski definition) is 6. The molecule has 0 aromatic heterocycles. The van der Waals surface area contributed by atoms with Crippen molar-refractivity contribution in [2.24, 2.45) is 5.10 Å². The van der Waals surface area contributed by atoms with Crippen molar-refractivity contribution in [1.29, 1.82) is 0 Å². The topological polar surface area (TPSA) is 129 Å². The number of benzene rings is 2. The lowest BCUT2D eigenvalue weighted by Crippen LogP contribution is -2.37. The van der Waals surface area contributed by atoms with Crippen LogP contribution >= 0.6 is 11.6 Å². The van der Waals surface area contributed by atoms with E-state index in [2.05, 4.69) is 21.2 Å². The average molecular weight is 419 g/mol. The second-order valence-electron chi connectivity index (χ2n) is 6.01. The third kappa shape index (κ3) is 6.78. The number of rotatable bonds is 7.